The molecule has 4 rings (SSSR count). The van der Waals surface area contributed by atoms with Crippen molar-refractivity contribution in [3.63, 3.8) is 0 Å². The van der Waals surface area contributed by atoms with Crippen LogP contribution in [0.2, 0.25) is 0 Å². The van der Waals surface area contributed by atoms with Crippen LogP contribution in [0, 0.1) is 5.92 Å². The molecule has 2 heterocycles. The van der Waals surface area contributed by atoms with Crippen molar-refractivity contribution in [1.82, 2.24) is 0 Å². The zero-order valence-electron chi connectivity index (χ0n) is 19.3. The van der Waals surface area contributed by atoms with Crippen LogP contribution >= 0.6 is 0 Å². The highest BCUT2D eigenvalue weighted by Gasteiger charge is 2.36. The van der Waals surface area contributed by atoms with Gasteiger partial charge in [0.15, 0.2) is 5.43 Å². The van der Waals surface area contributed by atoms with E-state index in [1.165, 1.54) is 19.2 Å². The molecule has 0 fully saturated rings. The first-order chi connectivity index (χ1) is 15.5. The SMILES string of the molecule is COc1cc2oc3c(c(=O)c2c(O)c1/C=C/C(C)C)C[C@H](C(C)(C)O)Oc1cc(O)ccc1-3. The van der Waals surface area contributed by atoms with Gasteiger partial charge in [-0.2, -0.15) is 0 Å². The average Bonchev–Trinajstić information content (AvgIpc) is 2.89. The first kappa shape index (κ1) is 22.7. The lowest BCUT2D eigenvalue weighted by Crippen LogP contribution is -2.42. The maximum atomic E-state index is 13.7. The second kappa shape index (κ2) is 8.15. The number of aromatic hydroxyl groups is 2. The van der Waals surface area contributed by atoms with Gasteiger partial charge < -0.3 is 29.2 Å². The number of hydrogen-bond donors (Lipinski definition) is 3. The zero-order valence-corrected chi connectivity index (χ0v) is 19.3. The van der Waals surface area contributed by atoms with Crippen molar-refractivity contribution < 1.29 is 29.2 Å². The minimum Gasteiger partial charge on any atom is -0.508 e. The number of aliphatic hydroxyl groups is 1. The maximum Gasteiger partial charge on any atom is 0.200 e. The smallest absolute Gasteiger partial charge is 0.200 e. The van der Waals surface area contributed by atoms with Crippen LogP contribution in [0.15, 0.2) is 39.6 Å². The fourth-order valence-corrected chi connectivity index (χ4v) is 3.95. The summed E-state index contributed by atoms with van der Waals surface area (Å²) in [4.78, 5) is 13.7. The van der Waals surface area contributed by atoms with Gasteiger partial charge in [0.25, 0.3) is 0 Å². The fraction of sp³-hybridized carbons (Fsp3) is 0.346. The fourth-order valence-electron chi connectivity index (χ4n) is 3.95. The number of ether oxygens (including phenoxy) is 2. The molecule has 0 saturated carbocycles. The van der Waals surface area contributed by atoms with Gasteiger partial charge in [-0.25, -0.2) is 0 Å². The minimum absolute atomic E-state index is 0.0178. The van der Waals surface area contributed by atoms with Crippen LogP contribution in [-0.2, 0) is 6.42 Å². The molecule has 1 aromatic heterocycles. The average molecular weight is 453 g/mol. The van der Waals surface area contributed by atoms with E-state index in [2.05, 4.69) is 0 Å². The van der Waals surface area contributed by atoms with Crippen LogP contribution in [0.25, 0.3) is 28.4 Å². The molecule has 2 aromatic carbocycles. The highest BCUT2D eigenvalue weighted by Crippen LogP contribution is 2.43. The molecule has 0 saturated heterocycles. The van der Waals surface area contributed by atoms with Crippen molar-refractivity contribution in [2.75, 3.05) is 7.11 Å². The Bertz CT molecular complexity index is 1310. The van der Waals surface area contributed by atoms with Crippen molar-refractivity contribution in [3.8, 4) is 34.3 Å². The van der Waals surface area contributed by atoms with E-state index in [4.69, 9.17) is 13.9 Å². The van der Waals surface area contributed by atoms with E-state index in [-0.39, 0.29) is 51.9 Å². The number of phenols is 2. The van der Waals surface area contributed by atoms with Crippen LogP contribution in [0.1, 0.15) is 38.8 Å². The lowest BCUT2D eigenvalue weighted by molar-refractivity contribution is -0.0322. The molecule has 1 atom stereocenters. The Hall–Kier alpha value is -3.45. The van der Waals surface area contributed by atoms with Crippen LogP contribution in [0.3, 0.4) is 0 Å². The monoisotopic (exact) mass is 452 g/mol. The number of benzene rings is 2. The summed E-state index contributed by atoms with van der Waals surface area (Å²) in [7, 11) is 1.48. The maximum absolute atomic E-state index is 13.7. The van der Waals surface area contributed by atoms with Gasteiger partial charge in [0.1, 0.15) is 45.8 Å². The number of methoxy groups -OCH3 is 1. The number of allylic oxidation sites excluding steroid dienone is 1. The summed E-state index contributed by atoms with van der Waals surface area (Å²) in [5.41, 5.74) is -0.409. The van der Waals surface area contributed by atoms with Crippen LogP contribution in [0.5, 0.6) is 23.0 Å². The topological polar surface area (TPSA) is 109 Å². The predicted octanol–water partition coefficient (Wildman–Crippen LogP) is 4.62. The molecule has 0 radical (unpaired) electrons. The summed E-state index contributed by atoms with van der Waals surface area (Å²) in [6.07, 6.45) is 2.88. The van der Waals surface area contributed by atoms with E-state index in [1.807, 2.05) is 19.9 Å². The zero-order chi connectivity index (χ0) is 24.1. The third kappa shape index (κ3) is 4.04. The van der Waals surface area contributed by atoms with Gasteiger partial charge in [0, 0.05) is 24.1 Å². The van der Waals surface area contributed by atoms with Crippen LogP contribution in [0.4, 0.5) is 0 Å². The largest absolute Gasteiger partial charge is 0.508 e. The molecule has 1 aliphatic rings. The molecule has 174 valence electrons. The quantitative estimate of drug-likeness (QED) is 0.530. The van der Waals surface area contributed by atoms with E-state index in [1.54, 1.807) is 32.1 Å². The molecule has 0 unspecified atom stereocenters. The van der Waals surface area contributed by atoms with E-state index < -0.39 is 17.1 Å². The molecule has 0 bridgehead atoms. The molecular formula is C26H28O7. The van der Waals surface area contributed by atoms with Crippen molar-refractivity contribution in [2.24, 2.45) is 5.92 Å². The Morgan fingerprint density at radius 3 is 2.58 bits per heavy atom. The van der Waals surface area contributed by atoms with Crippen molar-refractivity contribution >= 4 is 17.0 Å². The Labute approximate surface area is 191 Å². The first-order valence-electron chi connectivity index (χ1n) is 10.8. The molecule has 0 amide bonds. The van der Waals surface area contributed by atoms with Crippen LogP contribution < -0.4 is 14.9 Å². The summed E-state index contributed by atoms with van der Waals surface area (Å²) in [6, 6.07) is 6.07. The van der Waals surface area contributed by atoms with Crippen molar-refractivity contribution in [3.05, 3.63) is 51.7 Å². The third-order valence-electron chi connectivity index (χ3n) is 5.78. The Morgan fingerprint density at radius 2 is 1.94 bits per heavy atom. The van der Waals surface area contributed by atoms with Gasteiger partial charge in [-0.15, -0.1) is 0 Å². The Morgan fingerprint density at radius 1 is 1.21 bits per heavy atom. The molecule has 0 aliphatic carbocycles. The van der Waals surface area contributed by atoms with Gasteiger partial charge in [-0.3, -0.25) is 4.79 Å². The Kier molecular flexibility index (Phi) is 5.62. The molecule has 33 heavy (non-hydrogen) atoms. The lowest BCUT2D eigenvalue weighted by atomic mass is 9.93. The van der Waals surface area contributed by atoms with Gasteiger partial charge >= 0.3 is 0 Å². The second-order valence-corrected chi connectivity index (χ2v) is 9.20. The first-order valence-corrected chi connectivity index (χ1v) is 10.8. The predicted molar refractivity (Wildman–Crippen MR) is 126 cm³/mol. The molecule has 7 nitrogen and oxygen atoms in total. The third-order valence-corrected chi connectivity index (χ3v) is 5.78. The van der Waals surface area contributed by atoms with Gasteiger partial charge in [-0.05, 0) is 31.9 Å². The van der Waals surface area contributed by atoms with E-state index >= 15 is 0 Å². The number of hydrogen-bond acceptors (Lipinski definition) is 7. The summed E-state index contributed by atoms with van der Waals surface area (Å²) >= 11 is 0. The van der Waals surface area contributed by atoms with Crippen molar-refractivity contribution in [1.29, 1.82) is 0 Å². The molecule has 7 heteroatoms. The Balaban J connectivity index is 2.07. The summed E-state index contributed by atoms with van der Waals surface area (Å²) in [6.45, 7) is 7.18. The number of fused-ring (bicyclic) bond motifs is 4. The van der Waals surface area contributed by atoms with E-state index in [0.29, 0.717) is 16.9 Å². The highest BCUT2D eigenvalue weighted by atomic mass is 16.5. The number of rotatable bonds is 4. The minimum atomic E-state index is -1.29. The molecule has 3 aromatic rings. The van der Waals surface area contributed by atoms with E-state index in [0.717, 1.165) is 0 Å². The molecular weight excluding hydrogens is 424 g/mol. The summed E-state index contributed by atoms with van der Waals surface area (Å²) in [5.74, 6) is 0.901. The second-order valence-electron chi connectivity index (χ2n) is 9.20. The van der Waals surface area contributed by atoms with Gasteiger partial charge in [0.05, 0.1) is 23.8 Å². The standard InChI is InChI=1S/C26H28O7/c1-13(2)6-8-15-18(31-5)12-20-22(23(15)28)24(29)17-11-21(26(3,4)30)32-19-10-14(27)7-9-16(19)25(17)33-20/h6-10,12-13,21,27-28,30H,11H2,1-5H3/b8-6+/t21-/m1/s1. The van der Waals surface area contributed by atoms with Crippen LogP contribution in [-0.4, -0.2) is 34.1 Å². The van der Waals surface area contributed by atoms with Gasteiger partial charge in [-0.1, -0.05) is 26.0 Å². The van der Waals surface area contributed by atoms with Crippen molar-refractivity contribution in [2.45, 2.75) is 45.8 Å². The van der Waals surface area contributed by atoms with E-state index in [9.17, 15) is 20.1 Å². The molecule has 0 spiro atoms. The van der Waals surface area contributed by atoms with Gasteiger partial charge in [0.2, 0.25) is 0 Å². The summed E-state index contributed by atoms with van der Waals surface area (Å²) < 4.78 is 17.6. The number of phenolic OH excluding ortho intramolecular Hbond substituents is 2. The lowest BCUT2D eigenvalue weighted by Gasteiger charge is -2.28. The highest BCUT2D eigenvalue weighted by molar-refractivity contribution is 5.92. The normalized spacial score (nSPS) is 15.9. The molecule has 3 N–H and O–H groups in total. The summed E-state index contributed by atoms with van der Waals surface area (Å²) in [5, 5.41) is 31.8. The molecule has 1 aliphatic heterocycles.